The van der Waals surface area contributed by atoms with Gasteiger partial charge in [0.1, 0.15) is 0 Å². The highest BCUT2D eigenvalue weighted by atomic mass is 79.9. The summed E-state index contributed by atoms with van der Waals surface area (Å²) in [6, 6.07) is 6.92. The van der Waals surface area contributed by atoms with Crippen molar-refractivity contribution in [1.29, 1.82) is 0 Å². The van der Waals surface area contributed by atoms with Crippen LogP contribution in [0.5, 0.6) is 0 Å². The standard InChI is InChI=1S/C11H16BrNO2S/c1-3-10(8-12)13-16(14,15)11-7-5-4-6-9(11)2/h4-7,10,13H,3,8H2,1-2H3. The number of hydrogen-bond acceptors (Lipinski definition) is 2. The number of aryl methyl sites for hydroxylation is 1. The first kappa shape index (κ1) is 13.7. The topological polar surface area (TPSA) is 46.2 Å². The average Bonchev–Trinajstić information content (AvgIpc) is 2.26. The van der Waals surface area contributed by atoms with Gasteiger partial charge < -0.3 is 0 Å². The Morgan fingerprint density at radius 2 is 2.00 bits per heavy atom. The van der Waals surface area contributed by atoms with Gasteiger partial charge in [0.25, 0.3) is 0 Å². The van der Waals surface area contributed by atoms with E-state index in [4.69, 9.17) is 0 Å². The molecule has 0 saturated carbocycles. The predicted molar refractivity (Wildman–Crippen MR) is 69.4 cm³/mol. The molecule has 0 heterocycles. The molecule has 0 radical (unpaired) electrons. The first-order valence-corrected chi connectivity index (χ1v) is 7.75. The van der Waals surface area contributed by atoms with Gasteiger partial charge in [0.15, 0.2) is 0 Å². The first-order chi connectivity index (χ1) is 7.51. The third-order valence-corrected chi connectivity index (χ3v) is 4.85. The Hall–Kier alpha value is -0.390. The summed E-state index contributed by atoms with van der Waals surface area (Å²) >= 11 is 3.29. The molecule has 1 unspecified atom stereocenters. The minimum Gasteiger partial charge on any atom is -0.207 e. The molecule has 1 N–H and O–H groups in total. The van der Waals surface area contributed by atoms with Crippen molar-refractivity contribution in [3.63, 3.8) is 0 Å². The van der Waals surface area contributed by atoms with Crippen LogP contribution in [-0.2, 0) is 10.0 Å². The molecule has 0 fully saturated rings. The molecule has 3 nitrogen and oxygen atoms in total. The summed E-state index contributed by atoms with van der Waals surface area (Å²) in [4.78, 5) is 0.356. The van der Waals surface area contributed by atoms with Crippen molar-refractivity contribution in [2.24, 2.45) is 0 Å². The molecule has 16 heavy (non-hydrogen) atoms. The molecular weight excluding hydrogens is 290 g/mol. The van der Waals surface area contributed by atoms with E-state index in [0.717, 1.165) is 12.0 Å². The number of sulfonamides is 1. The van der Waals surface area contributed by atoms with Crippen molar-refractivity contribution in [3.8, 4) is 0 Å². The van der Waals surface area contributed by atoms with Crippen LogP contribution in [0.2, 0.25) is 0 Å². The molecule has 1 aromatic rings. The largest absolute Gasteiger partial charge is 0.241 e. The maximum atomic E-state index is 12.0. The minimum absolute atomic E-state index is 0.0652. The van der Waals surface area contributed by atoms with E-state index in [1.165, 1.54) is 0 Å². The molecule has 5 heteroatoms. The maximum Gasteiger partial charge on any atom is 0.241 e. The Kier molecular flexibility index (Phi) is 4.95. The fourth-order valence-corrected chi connectivity index (χ4v) is 3.76. The van der Waals surface area contributed by atoms with Gasteiger partial charge in [0.05, 0.1) is 4.90 Å². The lowest BCUT2D eigenvalue weighted by atomic mass is 10.2. The highest BCUT2D eigenvalue weighted by Crippen LogP contribution is 2.15. The average molecular weight is 306 g/mol. The molecular formula is C11H16BrNO2S. The Balaban J connectivity index is 2.99. The first-order valence-electron chi connectivity index (χ1n) is 5.15. The van der Waals surface area contributed by atoms with Crippen molar-refractivity contribution >= 4 is 26.0 Å². The van der Waals surface area contributed by atoms with Gasteiger partial charge in [-0.15, -0.1) is 0 Å². The number of halogens is 1. The highest BCUT2D eigenvalue weighted by Gasteiger charge is 2.19. The fourth-order valence-electron chi connectivity index (χ4n) is 1.36. The van der Waals surface area contributed by atoms with Gasteiger partial charge >= 0.3 is 0 Å². The second-order valence-electron chi connectivity index (χ2n) is 3.65. The maximum absolute atomic E-state index is 12.0. The Labute approximate surface area is 105 Å². The molecule has 0 saturated heterocycles. The predicted octanol–water partition coefficient (Wildman–Crippen LogP) is 2.45. The van der Waals surface area contributed by atoms with E-state index in [0.29, 0.717) is 10.2 Å². The lowest BCUT2D eigenvalue weighted by Crippen LogP contribution is -2.35. The van der Waals surface area contributed by atoms with E-state index in [2.05, 4.69) is 20.7 Å². The zero-order valence-electron chi connectivity index (χ0n) is 9.40. The number of alkyl halides is 1. The highest BCUT2D eigenvalue weighted by molar-refractivity contribution is 9.09. The van der Waals surface area contributed by atoms with Crippen LogP contribution in [0.3, 0.4) is 0 Å². The Morgan fingerprint density at radius 1 is 1.38 bits per heavy atom. The van der Waals surface area contributed by atoms with Crippen molar-refractivity contribution in [3.05, 3.63) is 29.8 Å². The van der Waals surface area contributed by atoms with Crippen LogP contribution in [0, 0.1) is 6.92 Å². The van der Waals surface area contributed by atoms with Crippen molar-refractivity contribution in [2.45, 2.75) is 31.2 Å². The quantitative estimate of drug-likeness (QED) is 0.849. The summed E-state index contributed by atoms with van der Waals surface area (Å²) in [6.07, 6.45) is 0.760. The van der Waals surface area contributed by atoms with Gasteiger partial charge in [-0.25, -0.2) is 13.1 Å². The smallest absolute Gasteiger partial charge is 0.207 e. The molecule has 1 atom stereocenters. The number of hydrogen-bond donors (Lipinski definition) is 1. The number of rotatable bonds is 5. The van der Waals surface area contributed by atoms with Gasteiger partial charge in [-0.2, -0.15) is 0 Å². The minimum atomic E-state index is -3.39. The third kappa shape index (κ3) is 3.30. The molecule has 0 aromatic heterocycles. The lowest BCUT2D eigenvalue weighted by molar-refractivity contribution is 0.558. The van der Waals surface area contributed by atoms with E-state index < -0.39 is 10.0 Å². The summed E-state index contributed by atoms with van der Waals surface area (Å²) < 4.78 is 26.8. The van der Waals surface area contributed by atoms with Crippen LogP contribution in [0.4, 0.5) is 0 Å². The van der Waals surface area contributed by atoms with Crippen LogP contribution < -0.4 is 4.72 Å². The third-order valence-electron chi connectivity index (χ3n) is 2.38. The molecule has 0 aliphatic rings. The molecule has 0 spiro atoms. The SMILES string of the molecule is CCC(CBr)NS(=O)(=O)c1ccccc1C. The van der Waals surface area contributed by atoms with Gasteiger partial charge in [0, 0.05) is 11.4 Å². The summed E-state index contributed by atoms with van der Waals surface area (Å²) in [6.45, 7) is 3.75. The van der Waals surface area contributed by atoms with Crippen LogP contribution in [0.15, 0.2) is 29.2 Å². The summed E-state index contributed by atoms with van der Waals surface area (Å²) in [5.41, 5.74) is 0.763. The lowest BCUT2D eigenvalue weighted by Gasteiger charge is -2.15. The molecule has 0 amide bonds. The molecule has 1 aromatic carbocycles. The molecule has 0 bridgehead atoms. The van der Waals surface area contributed by atoms with Gasteiger partial charge in [-0.1, -0.05) is 41.1 Å². The normalized spacial score (nSPS) is 13.7. The van der Waals surface area contributed by atoms with Crippen molar-refractivity contribution in [2.75, 3.05) is 5.33 Å². The van der Waals surface area contributed by atoms with E-state index >= 15 is 0 Å². The fraction of sp³-hybridized carbons (Fsp3) is 0.455. The second-order valence-corrected chi connectivity index (χ2v) is 5.98. The molecule has 1 rings (SSSR count). The van der Waals surface area contributed by atoms with E-state index in [1.807, 2.05) is 13.0 Å². The zero-order valence-corrected chi connectivity index (χ0v) is 11.8. The van der Waals surface area contributed by atoms with Crippen LogP contribution in [-0.4, -0.2) is 19.8 Å². The second kappa shape index (κ2) is 5.80. The summed E-state index contributed by atoms with van der Waals surface area (Å²) in [5.74, 6) is 0. The molecule has 0 aliphatic carbocycles. The van der Waals surface area contributed by atoms with E-state index in [1.54, 1.807) is 25.1 Å². The summed E-state index contributed by atoms with van der Waals surface area (Å²) in [5, 5.41) is 0.620. The summed E-state index contributed by atoms with van der Waals surface area (Å²) in [7, 11) is -3.39. The zero-order chi connectivity index (χ0) is 12.2. The number of benzene rings is 1. The monoisotopic (exact) mass is 305 g/mol. The van der Waals surface area contributed by atoms with Crippen molar-refractivity contribution in [1.82, 2.24) is 4.72 Å². The molecule has 90 valence electrons. The van der Waals surface area contributed by atoms with Crippen LogP contribution >= 0.6 is 15.9 Å². The number of nitrogens with one attached hydrogen (secondary N) is 1. The van der Waals surface area contributed by atoms with Gasteiger partial charge in [-0.3, -0.25) is 0 Å². The Morgan fingerprint density at radius 3 is 2.50 bits per heavy atom. The van der Waals surface area contributed by atoms with E-state index in [-0.39, 0.29) is 6.04 Å². The van der Waals surface area contributed by atoms with Gasteiger partial charge in [0.2, 0.25) is 10.0 Å². The Bertz CT molecular complexity index is 441. The molecule has 0 aliphatic heterocycles. The van der Waals surface area contributed by atoms with E-state index in [9.17, 15) is 8.42 Å². The van der Waals surface area contributed by atoms with Crippen LogP contribution in [0.25, 0.3) is 0 Å². The van der Waals surface area contributed by atoms with Gasteiger partial charge in [-0.05, 0) is 25.0 Å². The van der Waals surface area contributed by atoms with Crippen LogP contribution in [0.1, 0.15) is 18.9 Å². The van der Waals surface area contributed by atoms with Crippen molar-refractivity contribution < 1.29 is 8.42 Å².